The number of benzene rings is 10. The van der Waals surface area contributed by atoms with Crippen LogP contribution in [0.4, 0.5) is 0 Å². The Labute approximate surface area is 355 Å². The van der Waals surface area contributed by atoms with Crippen molar-refractivity contribution in [3.05, 3.63) is 193 Å². The molecule has 4 heteroatoms. The second-order valence-corrected chi connectivity index (χ2v) is 17.5. The molecule has 13 rings (SSSR count). The summed E-state index contributed by atoms with van der Waals surface area (Å²) in [6, 6.07) is 63.8. The standard InChI is InChI=1S/C57H36N2OS/c1-32-15-3-5-17-36(32)50-43-23-11-12-24-44(43)52-51-37-18-6-4-16-34(37)28-30-48(51)61-56(52)49(50)33(2)53-54(58-55-45-25-13-14-26-47(45)60-57(55)59-53)35-27-29-42-40-21-8-7-19-38(40)39-20-9-10-22-41(39)46(42)31-35/h3-31,33H,1-2H3/t33-/m1/s1. The Morgan fingerprint density at radius 1 is 0.508 bits per heavy atom. The van der Waals surface area contributed by atoms with E-state index in [0.717, 1.165) is 33.4 Å². The Morgan fingerprint density at radius 2 is 1.11 bits per heavy atom. The summed E-state index contributed by atoms with van der Waals surface area (Å²) < 4.78 is 9.12. The molecule has 0 unspecified atom stereocenters. The molecular weight excluding hydrogens is 761 g/mol. The van der Waals surface area contributed by atoms with E-state index in [2.05, 4.69) is 172 Å². The second kappa shape index (κ2) is 13.0. The number of furan rings is 1. The number of hydrogen-bond donors (Lipinski definition) is 0. The predicted molar refractivity (Wildman–Crippen MR) is 259 cm³/mol. The van der Waals surface area contributed by atoms with Crippen molar-refractivity contribution < 1.29 is 4.42 Å². The summed E-state index contributed by atoms with van der Waals surface area (Å²) in [6.07, 6.45) is 0. The third-order valence-electron chi connectivity index (χ3n) is 13.1. The highest BCUT2D eigenvalue weighted by atomic mass is 32.1. The maximum absolute atomic E-state index is 6.56. The van der Waals surface area contributed by atoms with Gasteiger partial charge < -0.3 is 4.42 Å². The summed E-state index contributed by atoms with van der Waals surface area (Å²) in [7, 11) is 0. The van der Waals surface area contributed by atoms with E-state index in [9.17, 15) is 0 Å². The zero-order chi connectivity index (χ0) is 40.3. The lowest BCUT2D eigenvalue weighted by Crippen LogP contribution is -2.07. The van der Waals surface area contributed by atoms with Crippen molar-refractivity contribution in [2.45, 2.75) is 19.8 Å². The van der Waals surface area contributed by atoms with Crippen molar-refractivity contribution in [3.63, 3.8) is 0 Å². The van der Waals surface area contributed by atoms with Crippen molar-refractivity contribution in [2.24, 2.45) is 0 Å². The summed E-state index contributed by atoms with van der Waals surface area (Å²) >= 11 is 1.90. The molecule has 0 aliphatic heterocycles. The summed E-state index contributed by atoms with van der Waals surface area (Å²) in [5.74, 6) is -0.190. The fourth-order valence-corrected chi connectivity index (χ4v) is 11.7. The van der Waals surface area contributed by atoms with Crippen molar-refractivity contribution in [1.29, 1.82) is 0 Å². The summed E-state index contributed by atoms with van der Waals surface area (Å²) in [6.45, 7) is 4.57. The zero-order valence-electron chi connectivity index (χ0n) is 33.5. The Morgan fingerprint density at radius 3 is 1.87 bits per heavy atom. The molecule has 0 spiro atoms. The number of fused-ring (bicyclic) bond motifs is 16. The molecule has 0 radical (unpaired) electrons. The SMILES string of the molecule is Cc1ccccc1-c1c([C@@H](C)c2nc3oc4ccccc4c3nc2-c2ccc3c4ccccc4c4ccccc4c3c2)c2sc3ccc4ccccc4c3c2c2ccccc12. The number of aryl methyl sites for hydroxylation is 1. The minimum atomic E-state index is -0.190. The molecule has 0 saturated heterocycles. The van der Waals surface area contributed by atoms with Gasteiger partial charge in [-0.05, 0) is 107 Å². The summed E-state index contributed by atoms with van der Waals surface area (Å²) in [5, 5.41) is 16.0. The molecule has 0 fully saturated rings. The van der Waals surface area contributed by atoms with Crippen molar-refractivity contribution in [3.8, 4) is 22.4 Å². The average molecular weight is 797 g/mol. The van der Waals surface area contributed by atoms with Crippen LogP contribution in [0.1, 0.15) is 29.7 Å². The number of thiophene rings is 1. The fourth-order valence-electron chi connectivity index (χ4n) is 10.3. The monoisotopic (exact) mass is 796 g/mol. The molecule has 3 aromatic heterocycles. The van der Waals surface area contributed by atoms with E-state index in [-0.39, 0.29) is 5.92 Å². The number of para-hydroxylation sites is 1. The minimum absolute atomic E-state index is 0.190. The van der Waals surface area contributed by atoms with Gasteiger partial charge in [0.25, 0.3) is 0 Å². The van der Waals surface area contributed by atoms with Crippen LogP contribution in [-0.4, -0.2) is 9.97 Å². The third kappa shape index (κ3) is 4.97. The first-order valence-electron chi connectivity index (χ1n) is 21.0. The molecule has 0 bridgehead atoms. The molecule has 0 amide bonds. The molecule has 0 aliphatic rings. The van der Waals surface area contributed by atoms with Gasteiger partial charge in [-0.3, -0.25) is 0 Å². The molecule has 0 aliphatic carbocycles. The van der Waals surface area contributed by atoms with Crippen molar-refractivity contribution >= 4 is 108 Å². The van der Waals surface area contributed by atoms with Crippen LogP contribution in [0.3, 0.4) is 0 Å². The van der Waals surface area contributed by atoms with Crippen LogP contribution in [-0.2, 0) is 0 Å². The third-order valence-corrected chi connectivity index (χ3v) is 14.3. The smallest absolute Gasteiger partial charge is 0.246 e. The van der Waals surface area contributed by atoms with E-state index in [1.54, 1.807) is 0 Å². The number of rotatable bonds is 4. The number of hydrogen-bond acceptors (Lipinski definition) is 4. The van der Waals surface area contributed by atoms with Crippen LogP contribution < -0.4 is 0 Å². The van der Waals surface area contributed by atoms with E-state index >= 15 is 0 Å². The highest BCUT2D eigenvalue weighted by Crippen LogP contribution is 2.52. The second-order valence-electron chi connectivity index (χ2n) is 16.4. The number of aromatic nitrogens is 2. The topological polar surface area (TPSA) is 38.9 Å². The van der Waals surface area contributed by atoms with Gasteiger partial charge in [0.15, 0.2) is 0 Å². The Kier molecular flexibility index (Phi) is 7.37. The van der Waals surface area contributed by atoms with Gasteiger partial charge in [-0.2, -0.15) is 0 Å². The van der Waals surface area contributed by atoms with Gasteiger partial charge in [-0.1, -0.05) is 159 Å². The van der Waals surface area contributed by atoms with E-state index in [4.69, 9.17) is 14.4 Å². The number of nitrogens with zero attached hydrogens (tertiary/aromatic N) is 2. The van der Waals surface area contributed by atoms with Gasteiger partial charge in [0.1, 0.15) is 11.1 Å². The van der Waals surface area contributed by atoms with Gasteiger partial charge in [-0.25, -0.2) is 9.97 Å². The molecular formula is C57H36N2OS. The first kappa shape index (κ1) is 34.5. The predicted octanol–water partition coefficient (Wildman–Crippen LogP) is 16.3. The maximum Gasteiger partial charge on any atom is 0.246 e. The summed E-state index contributed by atoms with van der Waals surface area (Å²) in [4.78, 5) is 11.2. The average Bonchev–Trinajstić information content (AvgIpc) is 3.89. The van der Waals surface area contributed by atoms with Gasteiger partial charge in [0, 0.05) is 37.0 Å². The lowest BCUT2D eigenvalue weighted by Gasteiger charge is -2.23. The quantitative estimate of drug-likeness (QED) is 0.167. The van der Waals surface area contributed by atoms with Crippen LogP contribution >= 0.6 is 11.3 Å². The van der Waals surface area contributed by atoms with Gasteiger partial charge in [-0.15, -0.1) is 11.3 Å². The molecule has 0 saturated carbocycles. The molecule has 1 atom stereocenters. The van der Waals surface area contributed by atoms with Crippen LogP contribution in [0.15, 0.2) is 180 Å². The Bertz CT molecular complexity index is 3950. The van der Waals surface area contributed by atoms with Crippen LogP contribution in [0.5, 0.6) is 0 Å². The van der Waals surface area contributed by atoms with E-state index in [1.807, 2.05) is 29.5 Å². The first-order valence-corrected chi connectivity index (χ1v) is 21.8. The highest BCUT2D eigenvalue weighted by molar-refractivity contribution is 7.26. The zero-order valence-corrected chi connectivity index (χ0v) is 34.3. The van der Waals surface area contributed by atoms with E-state index < -0.39 is 0 Å². The van der Waals surface area contributed by atoms with Gasteiger partial charge in [0.05, 0.1) is 11.4 Å². The van der Waals surface area contributed by atoms with E-state index in [1.165, 1.54) is 96.3 Å². The molecule has 0 N–H and O–H groups in total. The molecule has 3 heterocycles. The van der Waals surface area contributed by atoms with Crippen LogP contribution in [0.2, 0.25) is 0 Å². The van der Waals surface area contributed by atoms with Crippen molar-refractivity contribution in [1.82, 2.24) is 9.97 Å². The van der Waals surface area contributed by atoms with Crippen LogP contribution in [0.25, 0.3) is 119 Å². The minimum Gasteiger partial charge on any atom is -0.436 e. The molecule has 286 valence electrons. The molecule has 61 heavy (non-hydrogen) atoms. The van der Waals surface area contributed by atoms with Gasteiger partial charge in [0.2, 0.25) is 5.71 Å². The highest BCUT2D eigenvalue weighted by Gasteiger charge is 2.29. The molecule has 3 nitrogen and oxygen atoms in total. The lowest BCUT2D eigenvalue weighted by atomic mass is 9.82. The van der Waals surface area contributed by atoms with E-state index in [0.29, 0.717) is 5.71 Å². The normalized spacial score (nSPS) is 12.7. The Hall–Kier alpha value is -7.40. The maximum atomic E-state index is 6.56. The molecule has 10 aromatic carbocycles. The Balaban J connectivity index is 1.18. The summed E-state index contributed by atoms with van der Waals surface area (Å²) in [5.41, 5.74) is 9.89. The van der Waals surface area contributed by atoms with Crippen LogP contribution in [0, 0.1) is 6.92 Å². The fraction of sp³-hybridized carbons (Fsp3) is 0.0526. The lowest BCUT2D eigenvalue weighted by molar-refractivity contribution is 0.648. The molecule has 13 aromatic rings. The van der Waals surface area contributed by atoms with Gasteiger partial charge >= 0.3 is 0 Å². The largest absolute Gasteiger partial charge is 0.436 e. The first-order chi connectivity index (χ1) is 30.1. The van der Waals surface area contributed by atoms with Crippen molar-refractivity contribution in [2.75, 3.05) is 0 Å².